The van der Waals surface area contributed by atoms with Crippen LogP contribution in [0, 0.1) is 19.1 Å². The van der Waals surface area contributed by atoms with Crippen LogP contribution in [0.15, 0.2) is 36.4 Å². The molecule has 0 unspecified atom stereocenters. The second kappa shape index (κ2) is 11.0. The van der Waals surface area contributed by atoms with Crippen LogP contribution in [0.25, 0.3) is 0 Å². The number of carbonyl (C=O) groups is 3. The minimum absolute atomic E-state index is 0.147. The maximum absolute atomic E-state index is 13.4. The largest absolute Gasteiger partial charge is 0.454 e. The van der Waals surface area contributed by atoms with Gasteiger partial charge in [-0.1, -0.05) is 0 Å². The fourth-order valence-corrected chi connectivity index (χ4v) is 3.04. The number of benzene rings is 2. The molecule has 0 spiro atoms. The fraction of sp³-hybridized carbons (Fsp3) is 0.286. The van der Waals surface area contributed by atoms with Crippen LogP contribution in [0.2, 0.25) is 0 Å². The van der Waals surface area contributed by atoms with Gasteiger partial charge in [-0.15, -0.1) is 0 Å². The van der Waals surface area contributed by atoms with Gasteiger partial charge in [-0.2, -0.15) is 17.2 Å². The summed E-state index contributed by atoms with van der Waals surface area (Å²) in [5.41, 5.74) is -3.02. The number of ether oxygens (including phenoxy) is 3. The Balaban J connectivity index is 2.37. The maximum Gasteiger partial charge on any atom is 0.402 e. The van der Waals surface area contributed by atoms with Crippen LogP contribution in [0.5, 0.6) is 11.5 Å². The summed E-state index contributed by atoms with van der Waals surface area (Å²) >= 11 is 1.91. The topological polar surface area (TPSA) is 176 Å². The number of alkyl halides is 2. The molecule has 2 rings (SSSR count). The molecule has 0 atom stereocenters. The molecule has 2 aromatic carbocycles. The van der Waals surface area contributed by atoms with E-state index >= 15 is 0 Å². The minimum Gasteiger partial charge on any atom is -0.454 e. The molecule has 0 radical (unpaired) electrons. The van der Waals surface area contributed by atoms with E-state index < -0.39 is 67.2 Å². The van der Waals surface area contributed by atoms with E-state index in [9.17, 15) is 41.7 Å². The highest BCUT2D eigenvalue weighted by Crippen LogP contribution is 2.30. The highest BCUT2D eigenvalue weighted by atomic mass is 127. The standard InChI is InChI=1S/C21H18F2INO11S/c1-20(2,3)19(28)36-16-8-11(24)4-6-13(16)18(27)35-12-5-7-15(25(29)30)14(9-12)17(26)34-10-21(22,23)37(31,32)33/h4-9H,10H2,1-3H3,(H,31,32,33). The molecule has 2 aromatic rings. The molecule has 0 fully saturated rings. The summed E-state index contributed by atoms with van der Waals surface area (Å²) in [5.74, 6) is -4.13. The molecule has 37 heavy (non-hydrogen) atoms. The van der Waals surface area contributed by atoms with Crippen molar-refractivity contribution >= 4 is 56.3 Å². The molecule has 16 heteroatoms. The summed E-state index contributed by atoms with van der Waals surface area (Å²) in [7, 11) is -5.94. The number of halogens is 3. The number of rotatable bonds is 8. The third kappa shape index (κ3) is 7.62. The average Bonchev–Trinajstić information content (AvgIpc) is 2.75. The Kier molecular flexibility index (Phi) is 8.92. The van der Waals surface area contributed by atoms with Crippen molar-refractivity contribution in [3.63, 3.8) is 0 Å². The molecule has 0 aliphatic carbocycles. The van der Waals surface area contributed by atoms with E-state index in [1.165, 1.54) is 18.2 Å². The van der Waals surface area contributed by atoms with E-state index in [2.05, 4.69) is 4.74 Å². The van der Waals surface area contributed by atoms with Crippen molar-refractivity contribution in [2.24, 2.45) is 5.41 Å². The van der Waals surface area contributed by atoms with Crippen molar-refractivity contribution in [3.8, 4) is 11.5 Å². The molecule has 0 amide bonds. The molecule has 0 saturated heterocycles. The van der Waals surface area contributed by atoms with Gasteiger partial charge < -0.3 is 14.2 Å². The van der Waals surface area contributed by atoms with Gasteiger partial charge in [0.15, 0.2) is 6.61 Å². The molecule has 1 N–H and O–H groups in total. The van der Waals surface area contributed by atoms with E-state index in [1.807, 2.05) is 22.6 Å². The lowest BCUT2D eigenvalue weighted by Gasteiger charge is -2.18. The van der Waals surface area contributed by atoms with Crippen LogP contribution in [-0.4, -0.2) is 47.7 Å². The zero-order valence-corrected chi connectivity index (χ0v) is 22.2. The lowest BCUT2D eigenvalue weighted by molar-refractivity contribution is -0.385. The highest BCUT2D eigenvalue weighted by Gasteiger charge is 2.46. The number of hydrogen-bond acceptors (Lipinski definition) is 10. The molecular formula is C21H18F2INO11S. The van der Waals surface area contributed by atoms with E-state index in [1.54, 1.807) is 20.8 Å². The monoisotopic (exact) mass is 657 g/mol. The van der Waals surface area contributed by atoms with Gasteiger partial charge in [0.05, 0.1) is 10.3 Å². The third-order valence-electron chi connectivity index (χ3n) is 4.32. The van der Waals surface area contributed by atoms with Crippen LogP contribution in [-0.2, 0) is 19.6 Å². The number of nitro groups is 1. The van der Waals surface area contributed by atoms with Crippen molar-refractivity contribution in [2.75, 3.05) is 6.61 Å². The van der Waals surface area contributed by atoms with Crippen LogP contribution in [0.3, 0.4) is 0 Å². The molecule has 0 aromatic heterocycles. The summed E-state index contributed by atoms with van der Waals surface area (Å²) in [6, 6.07) is 6.45. The van der Waals surface area contributed by atoms with Gasteiger partial charge in [-0.3, -0.25) is 19.5 Å². The quantitative estimate of drug-likeness (QED) is 0.108. The predicted octanol–water partition coefficient (Wildman–Crippen LogP) is 4.01. The summed E-state index contributed by atoms with van der Waals surface area (Å²) in [6.07, 6.45) is 0. The Hall–Kier alpha value is -3.25. The lowest BCUT2D eigenvalue weighted by atomic mass is 9.97. The first-order valence-corrected chi connectivity index (χ1v) is 12.4. The average molecular weight is 657 g/mol. The summed E-state index contributed by atoms with van der Waals surface area (Å²) in [6.45, 7) is 2.62. The normalized spacial score (nSPS) is 12.0. The number of carbonyl (C=O) groups excluding carboxylic acids is 3. The zero-order valence-electron chi connectivity index (χ0n) is 19.2. The van der Waals surface area contributed by atoms with Crippen LogP contribution in [0.1, 0.15) is 41.5 Å². The van der Waals surface area contributed by atoms with Crippen molar-refractivity contribution in [3.05, 3.63) is 61.2 Å². The Morgan fingerprint density at radius 2 is 1.65 bits per heavy atom. The Morgan fingerprint density at radius 3 is 2.19 bits per heavy atom. The van der Waals surface area contributed by atoms with Gasteiger partial charge in [0.1, 0.15) is 22.6 Å². The van der Waals surface area contributed by atoms with Gasteiger partial charge in [0.25, 0.3) is 5.69 Å². The van der Waals surface area contributed by atoms with Gasteiger partial charge in [-0.05, 0) is 67.6 Å². The molecule has 0 aliphatic heterocycles. The number of esters is 3. The molecular weight excluding hydrogens is 639 g/mol. The van der Waals surface area contributed by atoms with Gasteiger partial charge >= 0.3 is 33.3 Å². The van der Waals surface area contributed by atoms with Crippen LogP contribution < -0.4 is 9.47 Å². The lowest BCUT2D eigenvalue weighted by Crippen LogP contribution is -2.34. The summed E-state index contributed by atoms with van der Waals surface area (Å²) < 4.78 is 71.8. The molecule has 0 saturated carbocycles. The smallest absolute Gasteiger partial charge is 0.402 e. The van der Waals surface area contributed by atoms with Gasteiger partial charge in [0.2, 0.25) is 0 Å². The van der Waals surface area contributed by atoms with E-state index in [0.29, 0.717) is 15.7 Å². The molecule has 0 bridgehead atoms. The zero-order chi connectivity index (χ0) is 28.3. The van der Waals surface area contributed by atoms with E-state index in [4.69, 9.17) is 14.0 Å². The summed E-state index contributed by atoms with van der Waals surface area (Å²) in [4.78, 5) is 47.5. The van der Waals surface area contributed by atoms with Crippen LogP contribution >= 0.6 is 22.6 Å². The Labute approximate surface area is 221 Å². The SMILES string of the molecule is CC(C)(C)C(=O)Oc1cc(I)ccc1C(=O)Oc1ccc([N+](=O)[O-])c(C(=O)OCC(F)(F)S(=O)(=O)O)c1. The fourth-order valence-electron chi connectivity index (χ4n) is 2.37. The maximum atomic E-state index is 13.4. The molecule has 12 nitrogen and oxygen atoms in total. The first-order chi connectivity index (χ1) is 16.8. The van der Waals surface area contributed by atoms with Crippen molar-refractivity contribution in [2.45, 2.75) is 26.0 Å². The Bertz CT molecular complexity index is 1370. The molecule has 200 valence electrons. The third-order valence-corrected chi connectivity index (χ3v) is 5.87. The van der Waals surface area contributed by atoms with Crippen molar-refractivity contribution < 1.29 is 55.3 Å². The van der Waals surface area contributed by atoms with E-state index in [0.717, 1.165) is 6.07 Å². The van der Waals surface area contributed by atoms with Gasteiger partial charge in [0, 0.05) is 15.7 Å². The Morgan fingerprint density at radius 1 is 1.03 bits per heavy atom. The number of nitro benzene ring substituents is 1. The van der Waals surface area contributed by atoms with Crippen molar-refractivity contribution in [1.82, 2.24) is 0 Å². The van der Waals surface area contributed by atoms with E-state index in [-0.39, 0.29) is 11.3 Å². The summed E-state index contributed by atoms with van der Waals surface area (Å²) in [5, 5.41) is 6.38. The second-order valence-electron chi connectivity index (χ2n) is 8.29. The van der Waals surface area contributed by atoms with Crippen molar-refractivity contribution in [1.29, 1.82) is 0 Å². The van der Waals surface area contributed by atoms with Gasteiger partial charge in [-0.25, -0.2) is 9.59 Å². The molecule has 0 heterocycles. The first kappa shape index (κ1) is 30.0. The number of hydrogen-bond donors (Lipinski definition) is 1. The highest BCUT2D eigenvalue weighted by molar-refractivity contribution is 14.1. The van der Waals surface area contributed by atoms with Crippen LogP contribution in [0.4, 0.5) is 14.5 Å². The predicted molar refractivity (Wildman–Crippen MR) is 129 cm³/mol. The second-order valence-corrected chi connectivity index (χ2v) is 11.1. The molecule has 0 aliphatic rings. The first-order valence-electron chi connectivity index (χ1n) is 9.88. The minimum atomic E-state index is -5.94. The number of nitrogens with zero attached hydrogens (tertiary/aromatic N) is 1.